The normalized spacial score (nSPS) is 9.71. The van der Waals surface area contributed by atoms with E-state index in [9.17, 15) is 4.79 Å². The van der Waals surface area contributed by atoms with Gasteiger partial charge in [0.05, 0.1) is 29.8 Å². The van der Waals surface area contributed by atoms with Crippen molar-refractivity contribution in [2.24, 2.45) is 0 Å². The van der Waals surface area contributed by atoms with Crippen molar-refractivity contribution in [3.63, 3.8) is 0 Å². The standard InChI is InChI=1S/C9H8Cl2O3/c1-13-8-6(10)4-3-5(7(8)11)9(12)14-2/h3-4H,1-2H3. The number of hydrogen-bond acceptors (Lipinski definition) is 3. The predicted octanol–water partition coefficient (Wildman–Crippen LogP) is 2.79. The van der Waals surface area contributed by atoms with Crippen LogP contribution in [0.1, 0.15) is 10.4 Å². The second kappa shape index (κ2) is 4.53. The molecule has 0 spiro atoms. The van der Waals surface area contributed by atoms with E-state index in [1.807, 2.05) is 0 Å². The van der Waals surface area contributed by atoms with Crippen LogP contribution in [0.5, 0.6) is 5.75 Å². The third kappa shape index (κ3) is 1.94. The molecule has 5 heteroatoms. The van der Waals surface area contributed by atoms with Gasteiger partial charge in [-0.05, 0) is 12.1 Å². The van der Waals surface area contributed by atoms with Gasteiger partial charge in [-0.3, -0.25) is 0 Å². The average Bonchev–Trinajstić information content (AvgIpc) is 2.18. The van der Waals surface area contributed by atoms with E-state index in [0.29, 0.717) is 5.02 Å². The van der Waals surface area contributed by atoms with Gasteiger partial charge in [0.2, 0.25) is 0 Å². The summed E-state index contributed by atoms with van der Waals surface area (Å²) in [5.74, 6) is -0.249. The van der Waals surface area contributed by atoms with Crippen molar-refractivity contribution in [3.8, 4) is 5.75 Å². The van der Waals surface area contributed by atoms with Crippen LogP contribution in [-0.2, 0) is 4.74 Å². The lowest BCUT2D eigenvalue weighted by atomic mass is 10.2. The molecule has 0 aromatic heterocycles. The number of halogens is 2. The predicted molar refractivity (Wildman–Crippen MR) is 54.4 cm³/mol. The highest BCUT2D eigenvalue weighted by atomic mass is 35.5. The highest BCUT2D eigenvalue weighted by molar-refractivity contribution is 6.39. The summed E-state index contributed by atoms with van der Waals surface area (Å²) >= 11 is 11.7. The van der Waals surface area contributed by atoms with Crippen molar-refractivity contribution >= 4 is 29.2 Å². The Balaban J connectivity index is 3.28. The van der Waals surface area contributed by atoms with Crippen molar-refractivity contribution in [1.82, 2.24) is 0 Å². The third-order valence-corrected chi connectivity index (χ3v) is 2.33. The number of hydrogen-bond donors (Lipinski definition) is 0. The van der Waals surface area contributed by atoms with Gasteiger partial charge in [0, 0.05) is 0 Å². The van der Waals surface area contributed by atoms with Gasteiger partial charge < -0.3 is 9.47 Å². The molecule has 0 saturated heterocycles. The summed E-state index contributed by atoms with van der Waals surface area (Å²) in [4.78, 5) is 11.2. The van der Waals surface area contributed by atoms with E-state index in [-0.39, 0.29) is 16.3 Å². The zero-order valence-electron chi connectivity index (χ0n) is 7.64. The van der Waals surface area contributed by atoms with Gasteiger partial charge in [0.15, 0.2) is 5.75 Å². The van der Waals surface area contributed by atoms with Crippen molar-refractivity contribution in [2.45, 2.75) is 0 Å². The number of ether oxygens (including phenoxy) is 2. The summed E-state index contributed by atoms with van der Waals surface area (Å²) in [6.45, 7) is 0. The highest BCUT2D eigenvalue weighted by Gasteiger charge is 2.16. The molecule has 0 amide bonds. The first-order chi connectivity index (χ1) is 6.61. The molecular weight excluding hydrogens is 227 g/mol. The molecule has 1 aromatic carbocycles. The number of benzene rings is 1. The van der Waals surface area contributed by atoms with Gasteiger partial charge in [-0.25, -0.2) is 4.79 Å². The highest BCUT2D eigenvalue weighted by Crippen LogP contribution is 2.35. The largest absolute Gasteiger partial charge is 0.494 e. The van der Waals surface area contributed by atoms with E-state index >= 15 is 0 Å². The van der Waals surface area contributed by atoms with Crippen LogP contribution in [0.25, 0.3) is 0 Å². The van der Waals surface area contributed by atoms with Gasteiger partial charge in [0.1, 0.15) is 0 Å². The Morgan fingerprint density at radius 3 is 2.43 bits per heavy atom. The van der Waals surface area contributed by atoms with Gasteiger partial charge in [-0.2, -0.15) is 0 Å². The number of carbonyl (C=O) groups is 1. The minimum absolute atomic E-state index is 0.159. The SMILES string of the molecule is COC(=O)c1ccc(Cl)c(OC)c1Cl. The molecular formula is C9H8Cl2O3. The summed E-state index contributed by atoms with van der Waals surface area (Å²) in [5.41, 5.74) is 0.232. The van der Waals surface area contributed by atoms with Crippen LogP contribution >= 0.6 is 23.2 Å². The van der Waals surface area contributed by atoms with Crippen molar-refractivity contribution in [1.29, 1.82) is 0 Å². The molecule has 0 aliphatic rings. The molecule has 0 unspecified atom stereocenters. The van der Waals surface area contributed by atoms with E-state index in [2.05, 4.69) is 4.74 Å². The van der Waals surface area contributed by atoms with Crippen LogP contribution in [0.4, 0.5) is 0 Å². The Bertz CT molecular complexity index is 363. The van der Waals surface area contributed by atoms with E-state index < -0.39 is 5.97 Å². The van der Waals surface area contributed by atoms with Crippen LogP contribution < -0.4 is 4.74 Å². The third-order valence-electron chi connectivity index (χ3n) is 1.66. The zero-order valence-corrected chi connectivity index (χ0v) is 9.15. The quantitative estimate of drug-likeness (QED) is 0.739. The first kappa shape index (κ1) is 11.1. The van der Waals surface area contributed by atoms with Gasteiger partial charge >= 0.3 is 5.97 Å². The maximum absolute atomic E-state index is 11.2. The van der Waals surface area contributed by atoms with Crippen LogP contribution in [0, 0.1) is 0 Å². The Morgan fingerprint density at radius 1 is 1.29 bits per heavy atom. The zero-order chi connectivity index (χ0) is 10.7. The van der Waals surface area contributed by atoms with Gasteiger partial charge in [-0.15, -0.1) is 0 Å². The van der Waals surface area contributed by atoms with E-state index in [1.54, 1.807) is 0 Å². The molecule has 0 atom stereocenters. The molecule has 3 nitrogen and oxygen atoms in total. The summed E-state index contributed by atoms with van der Waals surface area (Å²) < 4.78 is 9.47. The molecule has 0 bridgehead atoms. The monoisotopic (exact) mass is 234 g/mol. The summed E-state index contributed by atoms with van der Waals surface area (Å²) in [7, 11) is 2.70. The summed E-state index contributed by atoms with van der Waals surface area (Å²) in [5, 5.41) is 0.511. The van der Waals surface area contributed by atoms with Crippen molar-refractivity contribution in [2.75, 3.05) is 14.2 Å². The Morgan fingerprint density at radius 2 is 1.93 bits per heavy atom. The molecule has 0 heterocycles. The first-order valence-corrected chi connectivity index (χ1v) is 4.47. The molecule has 0 saturated carbocycles. The molecule has 0 aliphatic carbocycles. The molecule has 76 valence electrons. The van der Waals surface area contributed by atoms with Gasteiger partial charge in [0.25, 0.3) is 0 Å². The average molecular weight is 235 g/mol. The fourth-order valence-corrected chi connectivity index (χ4v) is 1.59. The second-order valence-corrected chi connectivity index (χ2v) is 3.22. The fourth-order valence-electron chi connectivity index (χ4n) is 0.987. The Hall–Kier alpha value is -0.930. The van der Waals surface area contributed by atoms with Crippen molar-refractivity contribution in [3.05, 3.63) is 27.7 Å². The van der Waals surface area contributed by atoms with Crippen LogP contribution in [-0.4, -0.2) is 20.2 Å². The maximum Gasteiger partial charge on any atom is 0.339 e. The minimum Gasteiger partial charge on any atom is -0.494 e. The summed E-state index contributed by atoms with van der Waals surface area (Å²) in [6.07, 6.45) is 0. The number of methoxy groups -OCH3 is 2. The first-order valence-electron chi connectivity index (χ1n) is 3.72. The van der Waals surface area contributed by atoms with Gasteiger partial charge in [-0.1, -0.05) is 23.2 Å². The van der Waals surface area contributed by atoms with E-state index in [4.69, 9.17) is 27.9 Å². The Labute approximate surface area is 91.5 Å². The maximum atomic E-state index is 11.2. The lowest BCUT2D eigenvalue weighted by Gasteiger charge is -2.08. The van der Waals surface area contributed by atoms with Crippen LogP contribution in [0.15, 0.2) is 12.1 Å². The lowest BCUT2D eigenvalue weighted by Crippen LogP contribution is -2.03. The lowest BCUT2D eigenvalue weighted by molar-refractivity contribution is 0.0600. The molecule has 14 heavy (non-hydrogen) atoms. The molecule has 1 aromatic rings. The van der Waals surface area contributed by atoms with Crippen LogP contribution in [0.2, 0.25) is 10.0 Å². The fraction of sp³-hybridized carbons (Fsp3) is 0.222. The topological polar surface area (TPSA) is 35.5 Å². The Kier molecular flexibility index (Phi) is 3.61. The van der Waals surface area contributed by atoms with E-state index in [0.717, 1.165) is 0 Å². The number of esters is 1. The molecule has 1 rings (SSSR count). The molecule has 0 N–H and O–H groups in total. The number of carbonyl (C=O) groups excluding carboxylic acids is 1. The summed E-state index contributed by atoms with van der Waals surface area (Å²) in [6, 6.07) is 3.01. The van der Waals surface area contributed by atoms with Crippen LogP contribution in [0.3, 0.4) is 0 Å². The smallest absolute Gasteiger partial charge is 0.339 e. The van der Waals surface area contributed by atoms with E-state index in [1.165, 1.54) is 26.4 Å². The number of rotatable bonds is 2. The molecule has 0 fully saturated rings. The molecule has 0 aliphatic heterocycles. The second-order valence-electron chi connectivity index (χ2n) is 2.43. The minimum atomic E-state index is -0.523. The molecule has 0 radical (unpaired) electrons. The van der Waals surface area contributed by atoms with Crippen molar-refractivity contribution < 1.29 is 14.3 Å².